The third kappa shape index (κ3) is 3.01. The quantitative estimate of drug-likeness (QED) is 0.538. The van der Waals surface area contributed by atoms with E-state index in [1.54, 1.807) is 23.1 Å². The third-order valence-electron chi connectivity index (χ3n) is 4.17. The van der Waals surface area contributed by atoms with Gasteiger partial charge >= 0.3 is 0 Å². The fraction of sp³-hybridized carbons (Fsp3) is 0.167. The normalized spacial score (nSPS) is 11.4. The van der Waals surface area contributed by atoms with Crippen LogP contribution in [0, 0.1) is 6.92 Å². The van der Waals surface area contributed by atoms with Crippen LogP contribution in [0.5, 0.6) is 0 Å². The van der Waals surface area contributed by atoms with E-state index < -0.39 is 0 Å². The van der Waals surface area contributed by atoms with Crippen molar-refractivity contribution in [3.05, 3.63) is 70.0 Å². The summed E-state index contributed by atoms with van der Waals surface area (Å²) in [4.78, 5) is 9.10. The maximum atomic E-state index is 6.33. The smallest absolute Gasteiger partial charge is 0.155 e. The van der Waals surface area contributed by atoms with Crippen LogP contribution in [0.1, 0.15) is 17.0 Å². The average Bonchev–Trinajstić information content (AvgIpc) is 3.14. The Morgan fingerprint density at radius 1 is 1.12 bits per heavy atom. The summed E-state index contributed by atoms with van der Waals surface area (Å²) in [5.74, 6) is 0. The molecule has 0 unspecified atom stereocenters. The first-order chi connectivity index (χ1) is 12.0. The van der Waals surface area contributed by atoms with Crippen LogP contribution >= 0.6 is 23.2 Å². The van der Waals surface area contributed by atoms with Gasteiger partial charge in [0.1, 0.15) is 0 Å². The standard InChI is InChI=1S/C18H15Cl2N5/c1-11-17(6-12-5-14(19)3-4-15(12)20)25-10-16(21-8-18(25)23-11)13-7-22-24(2)9-13/h3-5,7-10H,6H2,1-2H3. The predicted molar refractivity (Wildman–Crippen MR) is 99.2 cm³/mol. The van der Waals surface area contributed by atoms with E-state index in [0.29, 0.717) is 16.5 Å². The minimum absolute atomic E-state index is 0.642. The van der Waals surface area contributed by atoms with Gasteiger partial charge in [0, 0.05) is 47.2 Å². The fourth-order valence-electron chi connectivity index (χ4n) is 2.90. The van der Waals surface area contributed by atoms with Crippen molar-refractivity contribution in [1.29, 1.82) is 0 Å². The summed E-state index contributed by atoms with van der Waals surface area (Å²) < 4.78 is 3.81. The largest absolute Gasteiger partial charge is 0.300 e. The van der Waals surface area contributed by atoms with Crippen LogP contribution in [0.4, 0.5) is 0 Å². The van der Waals surface area contributed by atoms with Crippen molar-refractivity contribution < 1.29 is 0 Å². The molecule has 0 saturated heterocycles. The number of nitrogens with zero attached hydrogens (tertiary/aromatic N) is 5. The number of aryl methyl sites for hydroxylation is 2. The highest BCUT2D eigenvalue weighted by Crippen LogP contribution is 2.26. The predicted octanol–water partition coefficient (Wildman–Crippen LogP) is 4.34. The summed E-state index contributed by atoms with van der Waals surface area (Å²) in [6, 6.07) is 5.51. The second kappa shape index (κ2) is 6.17. The second-order valence-corrected chi connectivity index (χ2v) is 6.80. The minimum atomic E-state index is 0.642. The molecule has 0 spiro atoms. The number of rotatable bonds is 3. The molecule has 1 aromatic carbocycles. The molecule has 0 saturated carbocycles. The van der Waals surface area contributed by atoms with Crippen molar-refractivity contribution in [2.45, 2.75) is 13.3 Å². The fourth-order valence-corrected chi connectivity index (χ4v) is 3.27. The van der Waals surface area contributed by atoms with E-state index in [-0.39, 0.29) is 0 Å². The first kappa shape index (κ1) is 16.1. The van der Waals surface area contributed by atoms with Crippen LogP contribution in [0.15, 0.2) is 43.0 Å². The zero-order chi connectivity index (χ0) is 17.6. The van der Waals surface area contributed by atoms with E-state index in [0.717, 1.165) is 33.9 Å². The Morgan fingerprint density at radius 3 is 2.72 bits per heavy atom. The van der Waals surface area contributed by atoms with Crippen molar-refractivity contribution in [1.82, 2.24) is 24.1 Å². The van der Waals surface area contributed by atoms with E-state index in [2.05, 4.69) is 19.5 Å². The summed E-state index contributed by atoms with van der Waals surface area (Å²) in [5.41, 5.74) is 5.59. The van der Waals surface area contributed by atoms with E-state index in [1.807, 2.05) is 38.5 Å². The SMILES string of the molecule is Cc1nc2cnc(-c3cnn(C)c3)cn2c1Cc1cc(Cl)ccc1Cl. The van der Waals surface area contributed by atoms with Crippen LogP contribution < -0.4 is 0 Å². The highest BCUT2D eigenvalue weighted by atomic mass is 35.5. The number of aromatic nitrogens is 5. The number of hydrogen-bond donors (Lipinski definition) is 0. The van der Waals surface area contributed by atoms with Crippen molar-refractivity contribution in [2.75, 3.05) is 0 Å². The van der Waals surface area contributed by atoms with Crippen molar-refractivity contribution in [2.24, 2.45) is 7.05 Å². The molecule has 5 nitrogen and oxygen atoms in total. The van der Waals surface area contributed by atoms with Crippen LogP contribution in [-0.2, 0) is 13.5 Å². The van der Waals surface area contributed by atoms with Gasteiger partial charge in [-0.1, -0.05) is 23.2 Å². The molecule has 0 aliphatic heterocycles. The van der Waals surface area contributed by atoms with Crippen molar-refractivity contribution in [3.8, 4) is 11.3 Å². The lowest BCUT2D eigenvalue weighted by molar-refractivity contribution is 0.768. The zero-order valence-corrected chi connectivity index (χ0v) is 15.3. The maximum Gasteiger partial charge on any atom is 0.155 e. The Balaban J connectivity index is 1.82. The molecule has 3 aromatic heterocycles. The summed E-state index contributed by atoms with van der Waals surface area (Å²) in [5, 5.41) is 5.57. The molecule has 0 atom stereocenters. The molecule has 0 aliphatic carbocycles. The van der Waals surface area contributed by atoms with Gasteiger partial charge < -0.3 is 0 Å². The number of fused-ring (bicyclic) bond motifs is 1. The lowest BCUT2D eigenvalue weighted by Crippen LogP contribution is -1.99. The Morgan fingerprint density at radius 2 is 1.96 bits per heavy atom. The van der Waals surface area contributed by atoms with Gasteiger partial charge in [0.15, 0.2) is 5.65 Å². The molecule has 0 amide bonds. The molecule has 7 heteroatoms. The zero-order valence-electron chi connectivity index (χ0n) is 13.7. The molecule has 4 rings (SSSR count). The van der Waals surface area contributed by atoms with E-state index in [1.165, 1.54) is 0 Å². The molecular formula is C18H15Cl2N5. The summed E-state index contributed by atoms with van der Waals surface area (Å²) in [7, 11) is 1.88. The van der Waals surface area contributed by atoms with Crippen molar-refractivity contribution in [3.63, 3.8) is 0 Å². The first-order valence-corrected chi connectivity index (χ1v) is 8.53. The highest BCUT2D eigenvalue weighted by molar-refractivity contribution is 6.33. The second-order valence-electron chi connectivity index (χ2n) is 5.96. The Bertz CT molecular complexity index is 1080. The lowest BCUT2D eigenvalue weighted by Gasteiger charge is -2.07. The summed E-state index contributed by atoms with van der Waals surface area (Å²) in [6.07, 6.45) is 8.14. The van der Waals surface area contributed by atoms with Gasteiger partial charge in [-0.25, -0.2) is 4.98 Å². The summed E-state index contributed by atoms with van der Waals surface area (Å²) in [6.45, 7) is 1.99. The van der Waals surface area contributed by atoms with Gasteiger partial charge in [0.05, 0.1) is 23.8 Å². The van der Waals surface area contributed by atoms with Crippen LogP contribution in [-0.4, -0.2) is 24.1 Å². The summed E-state index contributed by atoms with van der Waals surface area (Å²) >= 11 is 12.5. The minimum Gasteiger partial charge on any atom is -0.300 e. The Labute approximate surface area is 154 Å². The molecule has 4 aromatic rings. The maximum absolute atomic E-state index is 6.33. The first-order valence-electron chi connectivity index (χ1n) is 7.78. The Hall–Kier alpha value is -2.37. The van der Waals surface area contributed by atoms with Gasteiger partial charge in [-0.3, -0.25) is 14.1 Å². The number of hydrogen-bond acceptors (Lipinski definition) is 3. The highest BCUT2D eigenvalue weighted by Gasteiger charge is 2.13. The van der Waals surface area contributed by atoms with Gasteiger partial charge in [0.25, 0.3) is 0 Å². The molecule has 0 aliphatic rings. The molecule has 25 heavy (non-hydrogen) atoms. The van der Waals surface area contributed by atoms with Gasteiger partial charge in [-0.2, -0.15) is 5.10 Å². The topological polar surface area (TPSA) is 48.0 Å². The average molecular weight is 372 g/mol. The molecule has 3 heterocycles. The van der Waals surface area contributed by atoms with Gasteiger partial charge in [-0.05, 0) is 30.7 Å². The van der Waals surface area contributed by atoms with E-state index in [4.69, 9.17) is 23.2 Å². The van der Waals surface area contributed by atoms with Gasteiger partial charge in [-0.15, -0.1) is 0 Å². The van der Waals surface area contributed by atoms with Gasteiger partial charge in [0.2, 0.25) is 0 Å². The van der Waals surface area contributed by atoms with Crippen LogP contribution in [0.2, 0.25) is 10.0 Å². The molecular weight excluding hydrogens is 357 g/mol. The number of benzene rings is 1. The molecule has 126 valence electrons. The molecule has 0 radical (unpaired) electrons. The van der Waals surface area contributed by atoms with E-state index in [9.17, 15) is 0 Å². The number of imidazole rings is 1. The van der Waals surface area contributed by atoms with Crippen LogP contribution in [0.3, 0.4) is 0 Å². The Kier molecular flexibility index (Phi) is 3.98. The monoisotopic (exact) mass is 371 g/mol. The van der Waals surface area contributed by atoms with Crippen molar-refractivity contribution >= 4 is 28.8 Å². The molecule has 0 fully saturated rings. The molecule has 0 N–H and O–H groups in total. The molecule has 0 bridgehead atoms. The number of halogens is 2. The third-order valence-corrected chi connectivity index (χ3v) is 4.78. The lowest BCUT2D eigenvalue weighted by atomic mass is 10.1. The van der Waals surface area contributed by atoms with Crippen LogP contribution in [0.25, 0.3) is 16.9 Å². The van der Waals surface area contributed by atoms with E-state index >= 15 is 0 Å².